The number of benzene rings is 2. The van der Waals surface area contributed by atoms with Gasteiger partial charge in [0.05, 0.1) is 16.7 Å². The summed E-state index contributed by atoms with van der Waals surface area (Å²) >= 11 is 0. The van der Waals surface area contributed by atoms with Crippen molar-refractivity contribution in [2.24, 2.45) is 0 Å². The van der Waals surface area contributed by atoms with Crippen LogP contribution in [0.4, 0.5) is 32.2 Å². The molecule has 0 aliphatic carbocycles. The number of carbonyl (C=O) groups excluding carboxylic acids is 1. The molecule has 0 saturated carbocycles. The van der Waals surface area contributed by atoms with Crippen LogP contribution >= 0.6 is 0 Å². The molecule has 0 spiro atoms. The molecule has 33 heavy (non-hydrogen) atoms. The predicted octanol–water partition coefficient (Wildman–Crippen LogP) is 5.85. The number of pyridine rings is 1. The van der Waals surface area contributed by atoms with E-state index in [1.165, 1.54) is 11.1 Å². The quantitative estimate of drug-likeness (QED) is 0.494. The SMILES string of the molecule is O=C1c2c(-c3ccccc3)ccnc2NCCN1Cc1cc(C(F)(F)F)cc(C(F)(F)F)c1. The highest BCUT2D eigenvalue weighted by Crippen LogP contribution is 2.37. The van der Waals surface area contributed by atoms with Crippen molar-refractivity contribution < 1.29 is 31.1 Å². The van der Waals surface area contributed by atoms with Crippen molar-refractivity contribution in [3.63, 3.8) is 0 Å². The highest BCUT2D eigenvalue weighted by atomic mass is 19.4. The third-order valence-electron chi connectivity index (χ3n) is 5.23. The van der Waals surface area contributed by atoms with Crippen molar-refractivity contribution in [3.8, 4) is 11.1 Å². The Balaban J connectivity index is 1.74. The lowest BCUT2D eigenvalue weighted by Gasteiger charge is -2.23. The van der Waals surface area contributed by atoms with Crippen LogP contribution in [0.3, 0.4) is 0 Å². The lowest BCUT2D eigenvalue weighted by molar-refractivity contribution is -0.143. The number of alkyl halides is 6. The highest BCUT2D eigenvalue weighted by molar-refractivity contribution is 6.05. The smallest absolute Gasteiger partial charge is 0.368 e. The second-order valence-corrected chi connectivity index (χ2v) is 7.52. The summed E-state index contributed by atoms with van der Waals surface area (Å²) in [5, 5.41) is 3.02. The van der Waals surface area contributed by atoms with E-state index in [1.54, 1.807) is 30.3 Å². The number of nitrogens with one attached hydrogen (secondary N) is 1. The third kappa shape index (κ3) is 4.79. The minimum atomic E-state index is -4.96. The van der Waals surface area contributed by atoms with Gasteiger partial charge in [-0.2, -0.15) is 26.3 Å². The van der Waals surface area contributed by atoms with Crippen LogP contribution in [0.5, 0.6) is 0 Å². The molecule has 3 aromatic rings. The molecule has 0 unspecified atom stereocenters. The fourth-order valence-corrected chi connectivity index (χ4v) is 3.72. The molecule has 1 aliphatic heterocycles. The van der Waals surface area contributed by atoms with E-state index in [0.29, 0.717) is 23.5 Å². The molecule has 0 bridgehead atoms. The lowest BCUT2D eigenvalue weighted by Crippen LogP contribution is -2.32. The van der Waals surface area contributed by atoms with Gasteiger partial charge in [-0.3, -0.25) is 4.79 Å². The van der Waals surface area contributed by atoms with Crippen LogP contribution < -0.4 is 5.32 Å². The van der Waals surface area contributed by atoms with E-state index < -0.39 is 35.9 Å². The van der Waals surface area contributed by atoms with E-state index in [4.69, 9.17) is 0 Å². The molecule has 4 nitrogen and oxygen atoms in total. The van der Waals surface area contributed by atoms with Crippen LogP contribution in [-0.4, -0.2) is 28.9 Å². The van der Waals surface area contributed by atoms with Crippen LogP contribution in [0, 0.1) is 0 Å². The molecule has 4 rings (SSSR count). The third-order valence-corrected chi connectivity index (χ3v) is 5.23. The summed E-state index contributed by atoms with van der Waals surface area (Å²) in [6.45, 7) is -0.119. The average Bonchev–Trinajstić information content (AvgIpc) is 2.92. The topological polar surface area (TPSA) is 45.2 Å². The molecule has 1 N–H and O–H groups in total. The number of nitrogens with zero attached hydrogens (tertiary/aromatic N) is 2. The van der Waals surface area contributed by atoms with Crippen molar-refractivity contribution in [2.75, 3.05) is 18.4 Å². The minimum absolute atomic E-state index is 0.0705. The number of aromatic nitrogens is 1. The Morgan fingerprint density at radius 2 is 1.55 bits per heavy atom. The van der Waals surface area contributed by atoms with Crippen LogP contribution in [0.1, 0.15) is 27.0 Å². The number of hydrogen-bond acceptors (Lipinski definition) is 3. The normalized spacial score (nSPS) is 14.5. The largest absolute Gasteiger partial charge is 0.416 e. The molecule has 2 heterocycles. The molecule has 0 radical (unpaired) electrons. The Labute approximate surface area is 184 Å². The van der Waals surface area contributed by atoms with E-state index >= 15 is 0 Å². The van der Waals surface area contributed by atoms with Gasteiger partial charge in [-0.15, -0.1) is 0 Å². The maximum absolute atomic E-state index is 13.4. The van der Waals surface area contributed by atoms with Crippen LogP contribution in [0.25, 0.3) is 11.1 Å². The number of amides is 1. The van der Waals surface area contributed by atoms with Crippen LogP contribution in [-0.2, 0) is 18.9 Å². The van der Waals surface area contributed by atoms with Gasteiger partial charge in [0.1, 0.15) is 5.82 Å². The van der Waals surface area contributed by atoms with Crippen LogP contribution in [0.15, 0.2) is 60.8 Å². The fraction of sp³-hybridized carbons (Fsp3) is 0.217. The summed E-state index contributed by atoms with van der Waals surface area (Å²) < 4.78 is 79.4. The molecule has 172 valence electrons. The van der Waals surface area contributed by atoms with Gasteiger partial charge in [-0.05, 0) is 41.0 Å². The molecule has 0 fully saturated rings. The van der Waals surface area contributed by atoms with E-state index in [1.807, 2.05) is 6.07 Å². The second kappa shape index (κ2) is 8.42. The van der Waals surface area contributed by atoms with Crippen molar-refractivity contribution >= 4 is 11.7 Å². The number of carbonyl (C=O) groups is 1. The monoisotopic (exact) mass is 465 g/mol. The van der Waals surface area contributed by atoms with Gasteiger partial charge >= 0.3 is 12.4 Å². The van der Waals surface area contributed by atoms with Gasteiger partial charge in [0.2, 0.25) is 0 Å². The molecular formula is C23H17F6N3O. The summed E-state index contributed by atoms with van der Waals surface area (Å²) in [6.07, 6.45) is -8.39. The van der Waals surface area contributed by atoms with Gasteiger partial charge in [0.25, 0.3) is 5.91 Å². The number of anilines is 1. The lowest BCUT2D eigenvalue weighted by atomic mass is 9.99. The van der Waals surface area contributed by atoms with Crippen molar-refractivity contribution in [3.05, 3.63) is 83.0 Å². The Morgan fingerprint density at radius 3 is 2.15 bits per heavy atom. The Kier molecular flexibility index (Phi) is 5.77. The fourth-order valence-electron chi connectivity index (χ4n) is 3.72. The Morgan fingerprint density at radius 1 is 0.909 bits per heavy atom. The first-order valence-corrected chi connectivity index (χ1v) is 9.90. The summed E-state index contributed by atoms with van der Waals surface area (Å²) in [7, 11) is 0. The highest BCUT2D eigenvalue weighted by Gasteiger charge is 2.37. The first kappa shape index (κ1) is 22.6. The summed E-state index contributed by atoms with van der Waals surface area (Å²) in [4.78, 5) is 18.8. The first-order chi connectivity index (χ1) is 15.5. The summed E-state index contributed by atoms with van der Waals surface area (Å²) in [5.74, 6) is -0.225. The molecule has 0 atom stereocenters. The molecule has 1 aliphatic rings. The number of fused-ring (bicyclic) bond motifs is 1. The van der Waals surface area contributed by atoms with Crippen molar-refractivity contribution in [1.29, 1.82) is 0 Å². The summed E-state index contributed by atoms with van der Waals surface area (Å²) in [6, 6.07) is 12.0. The van der Waals surface area contributed by atoms with Gasteiger partial charge in [-0.1, -0.05) is 30.3 Å². The second-order valence-electron chi connectivity index (χ2n) is 7.52. The standard InChI is InChI=1S/C23H17F6N3O/c24-22(25,26)16-10-14(11-17(12-16)23(27,28)29)13-32-9-8-31-20-19(21(32)33)18(6-7-30-20)15-4-2-1-3-5-15/h1-7,10-12H,8-9,13H2,(H,30,31). The summed E-state index contributed by atoms with van der Waals surface area (Å²) in [5.41, 5.74) is -1.60. The molecule has 2 aromatic carbocycles. The zero-order chi connectivity index (χ0) is 23.8. The predicted molar refractivity (Wildman–Crippen MR) is 109 cm³/mol. The van der Waals surface area contributed by atoms with Gasteiger partial charge < -0.3 is 10.2 Å². The van der Waals surface area contributed by atoms with Gasteiger partial charge in [0, 0.05) is 25.8 Å². The molecule has 10 heteroatoms. The van der Waals surface area contributed by atoms with E-state index in [0.717, 1.165) is 5.56 Å². The zero-order valence-electron chi connectivity index (χ0n) is 17.0. The molecule has 0 saturated heterocycles. The van der Waals surface area contributed by atoms with E-state index in [9.17, 15) is 31.1 Å². The zero-order valence-corrected chi connectivity index (χ0v) is 17.0. The minimum Gasteiger partial charge on any atom is -0.368 e. The first-order valence-electron chi connectivity index (χ1n) is 9.90. The number of rotatable bonds is 3. The van der Waals surface area contributed by atoms with Crippen LogP contribution in [0.2, 0.25) is 0 Å². The number of hydrogen-bond donors (Lipinski definition) is 1. The Hall–Kier alpha value is -3.56. The maximum atomic E-state index is 13.4. The number of halogens is 6. The van der Waals surface area contributed by atoms with Crippen molar-refractivity contribution in [2.45, 2.75) is 18.9 Å². The Bertz CT molecular complexity index is 1140. The van der Waals surface area contributed by atoms with E-state index in [2.05, 4.69) is 10.3 Å². The van der Waals surface area contributed by atoms with Gasteiger partial charge in [0.15, 0.2) is 0 Å². The van der Waals surface area contributed by atoms with Crippen molar-refractivity contribution in [1.82, 2.24) is 9.88 Å². The maximum Gasteiger partial charge on any atom is 0.416 e. The molecular weight excluding hydrogens is 448 g/mol. The molecule has 1 aromatic heterocycles. The molecule has 1 amide bonds. The van der Waals surface area contributed by atoms with E-state index in [-0.39, 0.29) is 30.3 Å². The van der Waals surface area contributed by atoms with Gasteiger partial charge in [-0.25, -0.2) is 4.98 Å². The average molecular weight is 465 g/mol.